The summed E-state index contributed by atoms with van der Waals surface area (Å²) in [7, 11) is 0. The molecule has 0 aliphatic heterocycles. The van der Waals surface area contributed by atoms with Crippen LogP contribution < -0.4 is 10.2 Å². The summed E-state index contributed by atoms with van der Waals surface area (Å²) in [6, 6.07) is 19.4. The van der Waals surface area contributed by atoms with Gasteiger partial charge in [0.25, 0.3) is 0 Å². The second kappa shape index (κ2) is 7.12. The molecule has 0 saturated carbocycles. The monoisotopic (exact) mass is 374 g/mol. The molecule has 0 amide bonds. The summed E-state index contributed by atoms with van der Waals surface area (Å²) in [4.78, 5) is 12.5. The van der Waals surface area contributed by atoms with Crippen LogP contribution in [-0.4, -0.2) is 10.2 Å². The molecular formula is C23H18O5. The van der Waals surface area contributed by atoms with Gasteiger partial charge in [0, 0.05) is 17.7 Å². The molecule has 5 nitrogen and oxygen atoms in total. The van der Waals surface area contributed by atoms with Crippen LogP contribution in [-0.2, 0) is 6.61 Å². The maximum absolute atomic E-state index is 12.5. The number of benzene rings is 3. The van der Waals surface area contributed by atoms with Gasteiger partial charge in [-0.15, -0.1) is 0 Å². The van der Waals surface area contributed by atoms with E-state index in [0.29, 0.717) is 11.3 Å². The van der Waals surface area contributed by atoms with Crippen molar-refractivity contribution in [3.05, 3.63) is 88.1 Å². The molecule has 0 saturated heterocycles. The van der Waals surface area contributed by atoms with Gasteiger partial charge in [-0.05, 0) is 18.6 Å². The predicted octanol–water partition coefficient (Wildman–Crippen LogP) is 4.76. The van der Waals surface area contributed by atoms with E-state index in [4.69, 9.17) is 9.15 Å². The molecule has 2 N–H and O–H groups in total. The van der Waals surface area contributed by atoms with E-state index >= 15 is 0 Å². The van der Waals surface area contributed by atoms with E-state index in [0.717, 1.165) is 11.1 Å². The SMILES string of the molecule is Cc1cccc(-c2cc(=O)c3c(O)cc(OCc4ccccc4)c(O)c3o2)c1. The van der Waals surface area contributed by atoms with Crippen LogP contribution in [0.4, 0.5) is 0 Å². The van der Waals surface area contributed by atoms with Crippen LogP contribution in [0.1, 0.15) is 11.1 Å². The van der Waals surface area contributed by atoms with Crippen LogP contribution in [0.15, 0.2) is 75.9 Å². The van der Waals surface area contributed by atoms with Gasteiger partial charge >= 0.3 is 0 Å². The van der Waals surface area contributed by atoms with Crippen molar-refractivity contribution in [2.24, 2.45) is 0 Å². The lowest BCUT2D eigenvalue weighted by atomic mass is 10.1. The van der Waals surface area contributed by atoms with E-state index in [1.165, 1.54) is 12.1 Å². The van der Waals surface area contributed by atoms with Gasteiger partial charge in [-0.25, -0.2) is 0 Å². The van der Waals surface area contributed by atoms with Crippen molar-refractivity contribution in [2.75, 3.05) is 0 Å². The normalized spacial score (nSPS) is 10.9. The predicted molar refractivity (Wildman–Crippen MR) is 107 cm³/mol. The zero-order valence-corrected chi connectivity index (χ0v) is 15.2. The van der Waals surface area contributed by atoms with Gasteiger partial charge in [0.15, 0.2) is 16.8 Å². The van der Waals surface area contributed by atoms with Crippen LogP contribution in [0.5, 0.6) is 17.2 Å². The van der Waals surface area contributed by atoms with Gasteiger partial charge in [-0.2, -0.15) is 0 Å². The molecule has 0 radical (unpaired) electrons. The fourth-order valence-electron chi connectivity index (χ4n) is 3.07. The summed E-state index contributed by atoms with van der Waals surface area (Å²) >= 11 is 0. The highest BCUT2D eigenvalue weighted by Gasteiger charge is 2.19. The highest BCUT2D eigenvalue weighted by atomic mass is 16.5. The largest absolute Gasteiger partial charge is 0.507 e. The number of hydrogen-bond acceptors (Lipinski definition) is 5. The van der Waals surface area contributed by atoms with Crippen molar-refractivity contribution >= 4 is 11.0 Å². The molecule has 0 aliphatic carbocycles. The van der Waals surface area contributed by atoms with Crippen molar-refractivity contribution in [1.82, 2.24) is 0 Å². The molecule has 0 aliphatic rings. The molecule has 0 atom stereocenters. The average Bonchev–Trinajstić information content (AvgIpc) is 2.70. The molecule has 0 spiro atoms. The molecule has 0 unspecified atom stereocenters. The molecule has 140 valence electrons. The smallest absolute Gasteiger partial charge is 0.202 e. The Balaban J connectivity index is 1.81. The zero-order chi connectivity index (χ0) is 19.7. The Morgan fingerprint density at radius 2 is 1.75 bits per heavy atom. The van der Waals surface area contributed by atoms with Gasteiger partial charge in [-0.1, -0.05) is 54.1 Å². The van der Waals surface area contributed by atoms with Crippen molar-refractivity contribution in [3.8, 4) is 28.6 Å². The highest BCUT2D eigenvalue weighted by Crippen LogP contribution is 2.40. The maximum Gasteiger partial charge on any atom is 0.202 e. The van der Waals surface area contributed by atoms with E-state index in [2.05, 4.69) is 0 Å². The summed E-state index contributed by atoms with van der Waals surface area (Å²) < 4.78 is 11.4. The van der Waals surface area contributed by atoms with Gasteiger partial charge in [0.2, 0.25) is 5.75 Å². The molecule has 0 fully saturated rings. The number of aryl methyl sites for hydroxylation is 1. The van der Waals surface area contributed by atoms with Crippen LogP contribution in [0.2, 0.25) is 0 Å². The molecule has 1 heterocycles. The second-order valence-corrected chi connectivity index (χ2v) is 6.57. The molecule has 0 bridgehead atoms. The minimum atomic E-state index is -0.444. The number of phenolic OH excluding ortho intramolecular Hbond substituents is 2. The molecule has 4 rings (SSSR count). The first-order chi connectivity index (χ1) is 13.5. The summed E-state index contributed by atoms with van der Waals surface area (Å²) in [5, 5.41) is 20.9. The Hall–Kier alpha value is -3.73. The van der Waals surface area contributed by atoms with Gasteiger partial charge in [-0.3, -0.25) is 4.79 Å². The molecule has 28 heavy (non-hydrogen) atoms. The summed E-state index contributed by atoms with van der Waals surface area (Å²) in [5.74, 6) is -0.287. The van der Waals surface area contributed by atoms with Crippen LogP contribution >= 0.6 is 0 Å². The minimum absolute atomic E-state index is 0.0402. The minimum Gasteiger partial charge on any atom is -0.507 e. The lowest BCUT2D eigenvalue weighted by Gasteiger charge is -2.12. The molecular weight excluding hydrogens is 356 g/mol. The van der Waals surface area contributed by atoms with E-state index in [9.17, 15) is 15.0 Å². The van der Waals surface area contributed by atoms with E-state index in [1.54, 1.807) is 0 Å². The second-order valence-electron chi connectivity index (χ2n) is 6.57. The Labute approximate surface area is 161 Å². The molecule has 1 aromatic heterocycles. The number of phenols is 2. The van der Waals surface area contributed by atoms with Crippen LogP contribution in [0.3, 0.4) is 0 Å². The number of ether oxygens (including phenoxy) is 1. The fraction of sp³-hybridized carbons (Fsp3) is 0.0870. The average molecular weight is 374 g/mol. The van der Waals surface area contributed by atoms with Crippen molar-refractivity contribution in [2.45, 2.75) is 13.5 Å². The third kappa shape index (κ3) is 3.30. The standard InChI is InChI=1S/C23H18O5/c1-14-6-5-9-16(10-14)19-11-17(24)21-18(25)12-20(22(26)23(21)28-19)27-13-15-7-3-2-4-8-15/h2-12,25-26H,13H2,1H3. The Morgan fingerprint density at radius 3 is 2.50 bits per heavy atom. The summed E-state index contributed by atoms with van der Waals surface area (Å²) in [6.07, 6.45) is 0. The lowest BCUT2D eigenvalue weighted by molar-refractivity contribution is 0.287. The van der Waals surface area contributed by atoms with Crippen LogP contribution in [0.25, 0.3) is 22.3 Å². The lowest BCUT2D eigenvalue weighted by Crippen LogP contribution is -2.02. The van der Waals surface area contributed by atoms with Gasteiger partial charge in [0.05, 0.1) is 0 Å². The Kier molecular flexibility index (Phi) is 4.49. The van der Waals surface area contributed by atoms with Crippen molar-refractivity contribution in [1.29, 1.82) is 0 Å². The number of hydrogen-bond donors (Lipinski definition) is 2. The summed E-state index contributed by atoms with van der Waals surface area (Å²) in [6.45, 7) is 2.13. The van der Waals surface area contributed by atoms with E-state index < -0.39 is 5.43 Å². The van der Waals surface area contributed by atoms with Gasteiger partial charge in [0.1, 0.15) is 23.5 Å². The number of rotatable bonds is 4. The van der Waals surface area contributed by atoms with Crippen LogP contribution in [0, 0.1) is 6.92 Å². The first kappa shape index (κ1) is 17.7. The molecule has 5 heteroatoms. The Morgan fingerprint density at radius 1 is 0.964 bits per heavy atom. The van der Waals surface area contributed by atoms with Crippen molar-refractivity contribution in [3.63, 3.8) is 0 Å². The summed E-state index contributed by atoms with van der Waals surface area (Å²) in [5.41, 5.74) is 2.06. The molecule has 4 aromatic rings. The third-order valence-corrected chi connectivity index (χ3v) is 4.46. The van der Waals surface area contributed by atoms with E-state index in [1.807, 2.05) is 61.5 Å². The molecule has 3 aromatic carbocycles. The topological polar surface area (TPSA) is 79.9 Å². The quantitative estimate of drug-likeness (QED) is 0.504. The van der Waals surface area contributed by atoms with Gasteiger partial charge < -0.3 is 19.4 Å². The third-order valence-electron chi connectivity index (χ3n) is 4.46. The zero-order valence-electron chi connectivity index (χ0n) is 15.2. The number of aromatic hydroxyl groups is 2. The first-order valence-corrected chi connectivity index (χ1v) is 8.79. The maximum atomic E-state index is 12.5. The first-order valence-electron chi connectivity index (χ1n) is 8.79. The Bertz CT molecular complexity index is 1210. The fourth-order valence-corrected chi connectivity index (χ4v) is 3.07. The van der Waals surface area contributed by atoms with Crippen molar-refractivity contribution < 1.29 is 19.4 Å². The van der Waals surface area contributed by atoms with E-state index in [-0.39, 0.29) is 34.8 Å². The highest BCUT2D eigenvalue weighted by molar-refractivity contribution is 5.91. The number of fused-ring (bicyclic) bond motifs is 1.